The molecule has 0 aromatic heterocycles. The fourth-order valence-electron chi connectivity index (χ4n) is 5.11. The zero-order chi connectivity index (χ0) is 20.8. The first kappa shape index (κ1) is 21.8. The molecule has 30 heavy (non-hydrogen) atoms. The zero-order valence-corrected chi connectivity index (χ0v) is 18.7. The van der Waals surface area contributed by atoms with Crippen molar-refractivity contribution in [3.63, 3.8) is 0 Å². The smallest absolute Gasteiger partial charge is 0.0672 e. The van der Waals surface area contributed by atoms with E-state index in [0.717, 1.165) is 75.8 Å². The largest absolute Gasteiger partial charge is 0.390 e. The van der Waals surface area contributed by atoms with E-state index in [1.165, 1.54) is 24.1 Å². The third kappa shape index (κ3) is 6.07. The fraction of sp³-hybridized carbons (Fsp3) is 0.538. The molecule has 0 unspecified atom stereocenters. The van der Waals surface area contributed by atoms with Crippen LogP contribution in [0.4, 0.5) is 0 Å². The van der Waals surface area contributed by atoms with Crippen LogP contribution in [0.3, 0.4) is 0 Å². The van der Waals surface area contributed by atoms with Gasteiger partial charge < -0.3 is 10.0 Å². The van der Waals surface area contributed by atoms with E-state index in [0.29, 0.717) is 0 Å². The lowest BCUT2D eigenvalue weighted by Gasteiger charge is -2.39. The van der Waals surface area contributed by atoms with Crippen molar-refractivity contribution >= 4 is 11.6 Å². The lowest BCUT2D eigenvalue weighted by molar-refractivity contribution is -0.0313. The standard InChI is InChI=1S/C26H35ClN2O/c27-25-11-5-4-10-24(25)21-29-16-12-23(20-29)19-28-17-14-26(30,15-18-28)13-6-9-22-7-2-1-3-8-22/h1-5,7-8,10-11,23,30H,6,9,12-21H2/t23-/m1/s1. The predicted molar refractivity (Wildman–Crippen MR) is 125 cm³/mol. The summed E-state index contributed by atoms with van der Waals surface area (Å²) in [6.45, 7) is 6.50. The second kappa shape index (κ2) is 10.3. The monoisotopic (exact) mass is 426 g/mol. The van der Waals surface area contributed by atoms with Crippen molar-refractivity contribution in [2.75, 3.05) is 32.7 Å². The van der Waals surface area contributed by atoms with Gasteiger partial charge in [-0.05, 0) is 68.2 Å². The molecule has 2 aromatic carbocycles. The molecule has 0 saturated carbocycles. The third-order valence-electron chi connectivity index (χ3n) is 6.98. The van der Waals surface area contributed by atoms with Gasteiger partial charge in [0.05, 0.1) is 5.60 Å². The van der Waals surface area contributed by atoms with Crippen LogP contribution >= 0.6 is 11.6 Å². The molecular formula is C26H35ClN2O. The summed E-state index contributed by atoms with van der Waals surface area (Å²) in [4.78, 5) is 5.12. The number of aliphatic hydroxyl groups is 1. The molecule has 3 nitrogen and oxygen atoms in total. The van der Waals surface area contributed by atoms with E-state index in [4.69, 9.17) is 11.6 Å². The highest BCUT2D eigenvalue weighted by atomic mass is 35.5. The minimum atomic E-state index is -0.461. The highest BCUT2D eigenvalue weighted by Crippen LogP contribution is 2.29. The van der Waals surface area contributed by atoms with Gasteiger partial charge in [-0.1, -0.05) is 60.1 Å². The van der Waals surface area contributed by atoms with Gasteiger partial charge in [-0.25, -0.2) is 0 Å². The number of halogens is 1. The molecule has 1 N–H and O–H groups in total. The normalized spacial score (nSPS) is 22.4. The van der Waals surface area contributed by atoms with Crippen LogP contribution in [-0.4, -0.2) is 53.2 Å². The second-order valence-electron chi connectivity index (χ2n) is 9.35. The molecule has 2 fully saturated rings. The van der Waals surface area contributed by atoms with Gasteiger partial charge in [0.25, 0.3) is 0 Å². The first-order valence-corrected chi connectivity index (χ1v) is 11.9. The van der Waals surface area contributed by atoms with Crippen LogP contribution in [0.25, 0.3) is 0 Å². The van der Waals surface area contributed by atoms with Crippen LogP contribution in [0, 0.1) is 5.92 Å². The van der Waals surface area contributed by atoms with Gasteiger partial charge >= 0.3 is 0 Å². The summed E-state index contributed by atoms with van der Waals surface area (Å²) in [5, 5.41) is 11.9. The molecule has 0 radical (unpaired) electrons. The van der Waals surface area contributed by atoms with E-state index in [2.05, 4.69) is 52.3 Å². The summed E-state index contributed by atoms with van der Waals surface area (Å²) in [6, 6.07) is 18.8. The molecule has 2 aromatic rings. The van der Waals surface area contributed by atoms with Crippen molar-refractivity contribution in [3.05, 3.63) is 70.7 Å². The SMILES string of the molecule is OC1(CCCc2ccccc2)CCN(C[C@H]2CCN(Cc3ccccc3Cl)C2)CC1. The average Bonchev–Trinajstić information content (AvgIpc) is 3.19. The predicted octanol–water partition coefficient (Wildman–Crippen LogP) is 5.01. The van der Waals surface area contributed by atoms with Gasteiger partial charge in [-0.2, -0.15) is 0 Å². The summed E-state index contributed by atoms with van der Waals surface area (Å²) in [5.41, 5.74) is 2.15. The number of nitrogens with zero attached hydrogens (tertiary/aromatic N) is 2. The van der Waals surface area contributed by atoms with Crippen molar-refractivity contribution in [1.82, 2.24) is 9.80 Å². The Morgan fingerprint density at radius 2 is 1.67 bits per heavy atom. The van der Waals surface area contributed by atoms with Crippen molar-refractivity contribution in [3.8, 4) is 0 Å². The lowest BCUT2D eigenvalue weighted by Crippen LogP contribution is -2.46. The van der Waals surface area contributed by atoms with E-state index in [-0.39, 0.29) is 0 Å². The molecule has 2 aliphatic rings. The number of likely N-dealkylation sites (tertiary alicyclic amines) is 2. The Labute approximate surface area is 186 Å². The van der Waals surface area contributed by atoms with Crippen LogP contribution < -0.4 is 0 Å². The number of aryl methyl sites for hydroxylation is 1. The molecule has 0 bridgehead atoms. The van der Waals surface area contributed by atoms with Gasteiger partial charge in [0.1, 0.15) is 0 Å². The molecule has 4 heteroatoms. The first-order chi connectivity index (χ1) is 14.6. The van der Waals surface area contributed by atoms with E-state index in [9.17, 15) is 5.11 Å². The quantitative estimate of drug-likeness (QED) is 0.642. The van der Waals surface area contributed by atoms with Gasteiger partial charge in [-0.15, -0.1) is 0 Å². The zero-order valence-electron chi connectivity index (χ0n) is 18.0. The Bertz CT molecular complexity index is 789. The molecule has 2 heterocycles. The average molecular weight is 427 g/mol. The maximum absolute atomic E-state index is 11.0. The van der Waals surface area contributed by atoms with Crippen molar-refractivity contribution in [2.45, 2.75) is 50.7 Å². The molecule has 162 valence electrons. The van der Waals surface area contributed by atoms with Gasteiger partial charge in [0, 0.05) is 37.7 Å². The van der Waals surface area contributed by atoms with Crippen molar-refractivity contribution < 1.29 is 5.11 Å². The molecule has 0 spiro atoms. The Balaban J connectivity index is 1.16. The molecule has 2 saturated heterocycles. The maximum atomic E-state index is 11.0. The molecular weight excluding hydrogens is 392 g/mol. The number of hydrogen-bond acceptors (Lipinski definition) is 3. The third-order valence-corrected chi connectivity index (χ3v) is 7.34. The van der Waals surface area contributed by atoms with E-state index in [1.807, 2.05) is 12.1 Å². The maximum Gasteiger partial charge on any atom is 0.0672 e. The summed E-state index contributed by atoms with van der Waals surface area (Å²) in [6.07, 6.45) is 6.15. The number of benzene rings is 2. The number of piperidine rings is 1. The van der Waals surface area contributed by atoms with Crippen molar-refractivity contribution in [1.29, 1.82) is 0 Å². The highest BCUT2D eigenvalue weighted by molar-refractivity contribution is 6.31. The van der Waals surface area contributed by atoms with Crippen LogP contribution in [0.15, 0.2) is 54.6 Å². The Hall–Kier alpha value is -1.39. The van der Waals surface area contributed by atoms with E-state index in [1.54, 1.807) is 0 Å². The second-order valence-corrected chi connectivity index (χ2v) is 9.75. The summed E-state index contributed by atoms with van der Waals surface area (Å²) in [5.74, 6) is 0.733. The molecule has 0 amide bonds. The molecule has 2 aliphatic heterocycles. The van der Waals surface area contributed by atoms with Crippen molar-refractivity contribution in [2.24, 2.45) is 5.92 Å². The highest BCUT2D eigenvalue weighted by Gasteiger charge is 2.33. The van der Waals surface area contributed by atoms with Gasteiger partial charge in [0.2, 0.25) is 0 Å². The summed E-state index contributed by atoms with van der Waals surface area (Å²) >= 11 is 6.33. The Morgan fingerprint density at radius 3 is 2.43 bits per heavy atom. The minimum Gasteiger partial charge on any atom is -0.390 e. The van der Waals surface area contributed by atoms with Crippen LogP contribution in [-0.2, 0) is 13.0 Å². The Morgan fingerprint density at radius 1 is 0.933 bits per heavy atom. The topological polar surface area (TPSA) is 26.7 Å². The molecule has 0 aliphatic carbocycles. The number of rotatable bonds is 8. The first-order valence-electron chi connectivity index (χ1n) is 11.5. The lowest BCUT2D eigenvalue weighted by atomic mass is 9.85. The summed E-state index contributed by atoms with van der Waals surface area (Å²) < 4.78 is 0. The molecule has 1 atom stereocenters. The van der Waals surface area contributed by atoms with Gasteiger partial charge in [-0.3, -0.25) is 4.90 Å². The fourth-order valence-corrected chi connectivity index (χ4v) is 5.30. The Kier molecular flexibility index (Phi) is 7.48. The summed E-state index contributed by atoms with van der Waals surface area (Å²) in [7, 11) is 0. The van der Waals surface area contributed by atoms with Gasteiger partial charge in [0.15, 0.2) is 0 Å². The molecule has 4 rings (SSSR count). The number of hydrogen-bond donors (Lipinski definition) is 1. The van der Waals surface area contributed by atoms with E-state index >= 15 is 0 Å². The van der Waals surface area contributed by atoms with Crippen LogP contribution in [0.1, 0.15) is 43.2 Å². The minimum absolute atomic E-state index is 0.461. The van der Waals surface area contributed by atoms with E-state index < -0.39 is 5.60 Å². The van der Waals surface area contributed by atoms with Crippen LogP contribution in [0.2, 0.25) is 5.02 Å². The van der Waals surface area contributed by atoms with Crippen LogP contribution in [0.5, 0.6) is 0 Å².